The highest BCUT2D eigenvalue weighted by atomic mass is 32.2. The monoisotopic (exact) mass is 500 g/mol. The number of aryl methyl sites for hydroxylation is 3. The Hall–Kier alpha value is -3.84. The molecule has 0 spiro atoms. The molecule has 0 bridgehead atoms. The van der Waals surface area contributed by atoms with Crippen molar-refractivity contribution in [2.75, 3.05) is 16.8 Å². The maximum absolute atomic E-state index is 13.8. The zero-order chi connectivity index (χ0) is 25.8. The molecule has 0 saturated carbocycles. The molecule has 2 amide bonds. The predicted molar refractivity (Wildman–Crippen MR) is 143 cm³/mol. The first-order valence-corrected chi connectivity index (χ1v) is 12.6. The number of hydrogen-bond acceptors (Lipinski definition) is 6. The lowest BCUT2D eigenvalue weighted by atomic mass is 10.1. The molecule has 7 heteroatoms. The van der Waals surface area contributed by atoms with E-state index in [2.05, 4.69) is 5.32 Å². The Morgan fingerprint density at radius 1 is 0.917 bits per heavy atom. The molecule has 0 atom stereocenters. The van der Waals surface area contributed by atoms with Gasteiger partial charge in [-0.05, 0) is 68.7 Å². The van der Waals surface area contributed by atoms with Crippen LogP contribution in [-0.4, -0.2) is 24.4 Å². The van der Waals surface area contributed by atoms with Crippen LogP contribution in [0.1, 0.15) is 40.4 Å². The SMILES string of the molecule is CCCOC(=O)c1ccccc1N1C(=O)C(Nc2cc(C)ccc2C)=C(Sc2ccc(C)cc2)C1=O. The second-order valence-electron chi connectivity index (χ2n) is 8.66. The van der Waals surface area contributed by atoms with Crippen molar-refractivity contribution in [2.24, 2.45) is 0 Å². The number of anilines is 2. The number of amides is 2. The van der Waals surface area contributed by atoms with Crippen LogP contribution in [0.2, 0.25) is 0 Å². The van der Waals surface area contributed by atoms with Crippen LogP contribution in [0.25, 0.3) is 0 Å². The van der Waals surface area contributed by atoms with Crippen molar-refractivity contribution in [3.63, 3.8) is 0 Å². The highest BCUT2D eigenvalue weighted by Gasteiger charge is 2.42. The number of nitrogens with one attached hydrogen (secondary N) is 1. The molecule has 3 aromatic carbocycles. The van der Waals surface area contributed by atoms with E-state index in [0.717, 1.165) is 32.2 Å². The van der Waals surface area contributed by atoms with Crippen LogP contribution in [-0.2, 0) is 14.3 Å². The molecule has 184 valence electrons. The van der Waals surface area contributed by atoms with Gasteiger partial charge in [0.1, 0.15) is 10.6 Å². The molecule has 0 radical (unpaired) electrons. The van der Waals surface area contributed by atoms with Crippen LogP contribution < -0.4 is 10.2 Å². The van der Waals surface area contributed by atoms with Crippen LogP contribution in [0.3, 0.4) is 0 Å². The normalized spacial score (nSPS) is 13.4. The van der Waals surface area contributed by atoms with Crippen molar-refractivity contribution in [3.8, 4) is 0 Å². The van der Waals surface area contributed by atoms with Crippen LogP contribution in [0.5, 0.6) is 0 Å². The van der Waals surface area contributed by atoms with Gasteiger partial charge in [0.05, 0.1) is 17.9 Å². The van der Waals surface area contributed by atoms with Gasteiger partial charge in [0, 0.05) is 10.6 Å². The minimum absolute atomic E-state index is 0.167. The van der Waals surface area contributed by atoms with Crippen molar-refractivity contribution in [3.05, 3.63) is 99.6 Å². The quantitative estimate of drug-likeness (QED) is 0.295. The molecule has 3 aromatic rings. The lowest BCUT2D eigenvalue weighted by molar-refractivity contribution is -0.120. The minimum atomic E-state index is -0.572. The second-order valence-corrected chi connectivity index (χ2v) is 9.75. The summed E-state index contributed by atoms with van der Waals surface area (Å²) in [6.45, 7) is 8.04. The fraction of sp³-hybridized carbons (Fsp3) is 0.207. The average molecular weight is 501 g/mol. The zero-order valence-corrected chi connectivity index (χ0v) is 21.6. The van der Waals surface area contributed by atoms with Crippen molar-refractivity contribution in [2.45, 2.75) is 39.0 Å². The van der Waals surface area contributed by atoms with Gasteiger partial charge < -0.3 is 10.1 Å². The van der Waals surface area contributed by atoms with E-state index in [0.29, 0.717) is 6.42 Å². The van der Waals surface area contributed by atoms with Crippen molar-refractivity contribution in [1.29, 1.82) is 0 Å². The number of ether oxygens (including phenoxy) is 1. The number of carbonyl (C=O) groups is 3. The van der Waals surface area contributed by atoms with Crippen LogP contribution in [0.15, 0.2) is 82.2 Å². The number of para-hydroxylation sites is 1. The lowest BCUT2D eigenvalue weighted by Crippen LogP contribution is -2.33. The van der Waals surface area contributed by atoms with Crippen LogP contribution >= 0.6 is 11.8 Å². The average Bonchev–Trinajstić information content (AvgIpc) is 3.09. The molecule has 0 unspecified atom stereocenters. The molecule has 0 aromatic heterocycles. The highest BCUT2D eigenvalue weighted by molar-refractivity contribution is 8.04. The largest absolute Gasteiger partial charge is 0.462 e. The number of esters is 1. The van der Waals surface area contributed by atoms with Gasteiger partial charge in [0.25, 0.3) is 11.8 Å². The van der Waals surface area contributed by atoms with E-state index in [1.807, 2.05) is 70.2 Å². The van der Waals surface area contributed by atoms with Gasteiger partial charge in [-0.1, -0.05) is 60.6 Å². The molecular formula is C29H28N2O4S. The third-order valence-corrected chi connectivity index (χ3v) is 6.83. The van der Waals surface area contributed by atoms with Crippen LogP contribution in [0, 0.1) is 20.8 Å². The smallest absolute Gasteiger partial charge is 0.340 e. The number of nitrogens with zero attached hydrogens (tertiary/aromatic N) is 1. The Labute approximate surface area is 215 Å². The summed E-state index contributed by atoms with van der Waals surface area (Å²) in [6.07, 6.45) is 0.665. The molecule has 36 heavy (non-hydrogen) atoms. The fourth-order valence-electron chi connectivity index (χ4n) is 3.78. The first-order valence-electron chi connectivity index (χ1n) is 11.8. The summed E-state index contributed by atoms with van der Waals surface area (Å²) in [7, 11) is 0. The molecule has 0 saturated heterocycles. The zero-order valence-electron chi connectivity index (χ0n) is 20.8. The fourth-order valence-corrected chi connectivity index (χ4v) is 4.70. The van der Waals surface area contributed by atoms with Gasteiger partial charge in [0.15, 0.2) is 0 Å². The Kier molecular flexibility index (Phi) is 7.60. The Bertz CT molecular complexity index is 1360. The number of thioether (sulfide) groups is 1. The molecule has 6 nitrogen and oxygen atoms in total. The van der Waals surface area contributed by atoms with E-state index in [-0.39, 0.29) is 28.5 Å². The van der Waals surface area contributed by atoms with E-state index in [4.69, 9.17) is 4.74 Å². The molecule has 0 aliphatic carbocycles. The van der Waals surface area contributed by atoms with E-state index < -0.39 is 17.8 Å². The van der Waals surface area contributed by atoms with Crippen molar-refractivity contribution >= 4 is 40.9 Å². The topological polar surface area (TPSA) is 75.7 Å². The lowest BCUT2D eigenvalue weighted by Gasteiger charge is -2.18. The van der Waals surface area contributed by atoms with Gasteiger partial charge in [-0.25, -0.2) is 9.69 Å². The molecule has 1 aliphatic rings. The maximum Gasteiger partial charge on any atom is 0.340 e. The first-order chi connectivity index (χ1) is 17.3. The number of benzene rings is 3. The van der Waals surface area contributed by atoms with Gasteiger partial charge in [-0.15, -0.1) is 0 Å². The summed E-state index contributed by atoms with van der Waals surface area (Å²) in [5, 5.41) is 3.23. The summed E-state index contributed by atoms with van der Waals surface area (Å²) in [6, 6.07) is 20.2. The van der Waals surface area contributed by atoms with Gasteiger partial charge in [-0.2, -0.15) is 0 Å². The Balaban J connectivity index is 1.78. The Morgan fingerprint density at radius 3 is 2.33 bits per heavy atom. The Morgan fingerprint density at radius 2 is 1.61 bits per heavy atom. The summed E-state index contributed by atoms with van der Waals surface area (Å²) < 4.78 is 5.31. The summed E-state index contributed by atoms with van der Waals surface area (Å²) in [5.74, 6) is -1.59. The van der Waals surface area contributed by atoms with Gasteiger partial charge >= 0.3 is 5.97 Å². The third-order valence-electron chi connectivity index (χ3n) is 5.74. The summed E-state index contributed by atoms with van der Waals surface area (Å²) in [4.78, 5) is 42.4. The van der Waals surface area contributed by atoms with Crippen LogP contribution in [0.4, 0.5) is 11.4 Å². The second kappa shape index (κ2) is 10.8. The highest BCUT2D eigenvalue weighted by Crippen LogP contribution is 2.39. The molecule has 1 aliphatic heterocycles. The number of rotatable bonds is 8. The summed E-state index contributed by atoms with van der Waals surface area (Å²) >= 11 is 1.22. The van der Waals surface area contributed by atoms with E-state index in [1.165, 1.54) is 11.8 Å². The molecule has 4 rings (SSSR count). The molecule has 1 heterocycles. The number of hydrogen-bond donors (Lipinski definition) is 1. The third kappa shape index (κ3) is 5.21. The van der Waals surface area contributed by atoms with Gasteiger partial charge in [-0.3, -0.25) is 9.59 Å². The molecular weight excluding hydrogens is 472 g/mol. The number of imide groups is 1. The van der Waals surface area contributed by atoms with Crippen molar-refractivity contribution in [1.82, 2.24) is 0 Å². The predicted octanol–water partition coefficient (Wildman–Crippen LogP) is 6.17. The van der Waals surface area contributed by atoms with E-state index >= 15 is 0 Å². The van der Waals surface area contributed by atoms with Gasteiger partial charge in [0.2, 0.25) is 0 Å². The molecule has 1 N–H and O–H groups in total. The summed E-state index contributed by atoms with van der Waals surface area (Å²) in [5.41, 5.74) is 4.34. The van der Waals surface area contributed by atoms with E-state index in [9.17, 15) is 14.4 Å². The standard InChI is InChI=1S/C29H28N2O4S/c1-5-16-35-29(34)22-8-6-7-9-24(22)31-27(32)25(30-23-17-19(3)10-13-20(23)4)26(28(31)33)36-21-14-11-18(2)12-15-21/h6-15,17,30H,5,16H2,1-4H3. The first kappa shape index (κ1) is 25.3. The van der Waals surface area contributed by atoms with Crippen molar-refractivity contribution < 1.29 is 19.1 Å². The molecule has 0 fully saturated rings. The van der Waals surface area contributed by atoms with E-state index in [1.54, 1.807) is 24.3 Å². The number of carbonyl (C=O) groups excluding carboxylic acids is 3. The maximum atomic E-state index is 13.8. The minimum Gasteiger partial charge on any atom is -0.462 e.